The number of imidazole rings is 1. The van der Waals surface area contributed by atoms with Crippen LogP contribution in [0.15, 0.2) is 31.1 Å². The standard InChI is InChI=1S/C15H19F3N6/c1-11-6-23(7-12(2)24(11)8-15(16,17)18)14-5-13(20-9-21-14)22-4-3-19-10-22/h3-5,9-12H,6-8H2,1-2H3/t11-,12+. The van der Waals surface area contributed by atoms with E-state index in [0.717, 1.165) is 0 Å². The van der Waals surface area contributed by atoms with Crippen LogP contribution in [0.4, 0.5) is 19.0 Å². The number of nitrogens with zero attached hydrogens (tertiary/aromatic N) is 6. The average molecular weight is 340 g/mol. The van der Waals surface area contributed by atoms with E-state index in [1.807, 2.05) is 24.8 Å². The summed E-state index contributed by atoms with van der Waals surface area (Å²) in [5.74, 6) is 1.38. The van der Waals surface area contributed by atoms with Crippen molar-refractivity contribution in [3.63, 3.8) is 0 Å². The molecule has 0 saturated carbocycles. The number of halogens is 3. The number of alkyl halides is 3. The van der Waals surface area contributed by atoms with Crippen LogP contribution in [0, 0.1) is 0 Å². The molecule has 1 aliphatic rings. The molecule has 0 aliphatic carbocycles. The van der Waals surface area contributed by atoms with Gasteiger partial charge in [0.05, 0.1) is 6.54 Å². The lowest BCUT2D eigenvalue weighted by Gasteiger charge is -2.45. The largest absolute Gasteiger partial charge is 0.401 e. The molecule has 0 aromatic carbocycles. The van der Waals surface area contributed by atoms with Gasteiger partial charge in [0, 0.05) is 43.6 Å². The smallest absolute Gasteiger partial charge is 0.353 e. The predicted octanol–water partition coefficient (Wildman–Crippen LogP) is 2.12. The van der Waals surface area contributed by atoms with Gasteiger partial charge in [-0.2, -0.15) is 13.2 Å². The molecule has 130 valence electrons. The Labute approximate surface area is 137 Å². The topological polar surface area (TPSA) is 50.1 Å². The molecule has 0 unspecified atom stereocenters. The first-order valence-electron chi connectivity index (χ1n) is 7.71. The van der Waals surface area contributed by atoms with Gasteiger partial charge in [-0.1, -0.05) is 0 Å². The van der Waals surface area contributed by atoms with Gasteiger partial charge in [-0.3, -0.25) is 9.47 Å². The van der Waals surface area contributed by atoms with Crippen LogP contribution >= 0.6 is 0 Å². The van der Waals surface area contributed by atoms with Crippen molar-refractivity contribution in [2.75, 3.05) is 24.5 Å². The summed E-state index contributed by atoms with van der Waals surface area (Å²) in [6.45, 7) is 3.72. The van der Waals surface area contributed by atoms with Gasteiger partial charge in [-0.05, 0) is 13.8 Å². The van der Waals surface area contributed by atoms with E-state index in [9.17, 15) is 13.2 Å². The molecule has 1 fully saturated rings. The molecular weight excluding hydrogens is 321 g/mol. The van der Waals surface area contributed by atoms with E-state index in [4.69, 9.17) is 0 Å². The van der Waals surface area contributed by atoms with E-state index in [2.05, 4.69) is 15.0 Å². The molecule has 0 spiro atoms. The van der Waals surface area contributed by atoms with E-state index in [-0.39, 0.29) is 12.1 Å². The molecule has 0 amide bonds. The number of hydrogen-bond donors (Lipinski definition) is 0. The minimum Gasteiger partial charge on any atom is -0.353 e. The van der Waals surface area contributed by atoms with Crippen molar-refractivity contribution in [1.82, 2.24) is 24.4 Å². The van der Waals surface area contributed by atoms with Gasteiger partial charge in [-0.25, -0.2) is 15.0 Å². The molecule has 1 saturated heterocycles. The number of rotatable bonds is 3. The van der Waals surface area contributed by atoms with Gasteiger partial charge < -0.3 is 4.90 Å². The zero-order valence-electron chi connectivity index (χ0n) is 13.5. The highest BCUT2D eigenvalue weighted by Gasteiger charge is 2.38. The van der Waals surface area contributed by atoms with Crippen LogP contribution in [0.25, 0.3) is 5.82 Å². The normalized spacial score (nSPS) is 22.8. The van der Waals surface area contributed by atoms with Crippen LogP contribution in [0.1, 0.15) is 13.8 Å². The Morgan fingerprint density at radius 3 is 2.38 bits per heavy atom. The van der Waals surface area contributed by atoms with E-state index in [0.29, 0.717) is 24.7 Å². The van der Waals surface area contributed by atoms with Crippen LogP contribution in [0.2, 0.25) is 0 Å². The van der Waals surface area contributed by atoms with Crippen molar-refractivity contribution in [1.29, 1.82) is 0 Å². The zero-order valence-corrected chi connectivity index (χ0v) is 13.5. The number of hydrogen-bond acceptors (Lipinski definition) is 5. The van der Waals surface area contributed by atoms with E-state index in [1.165, 1.54) is 11.2 Å². The van der Waals surface area contributed by atoms with Gasteiger partial charge in [0.1, 0.15) is 24.3 Å². The van der Waals surface area contributed by atoms with Crippen LogP contribution < -0.4 is 4.90 Å². The van der Waals surface area contributed by atoms with Crippen molar-refractivity contribution >= 4 is 5.82 Å². The fraction of sp³-hybridized carbons (Fsp3) is 0.533. The Kier molecular flexibility index (Phi) is 4.44. The van der Waals surface area contributed by atoms with Crippen molar-refractivity contribution in [3.8, 4) is 5.82 Å². The number of anilines is 1. The minimum atomic E-state index is -4.19. The van der Waals surface area contributed by atoms with Gasteiger partial charge in [0.15, 0.2) is 0 Å². The number of aromatic nitrogens is 4. The van der Waals surface area contributed by atoms with Crippen LogP contribution in [-0.4, -0.2) is 62.3 Å². The molecule has 2 aromatic heterocycles. The second-order valence-corrected chi connectivity index (χ2v) is 6.09. The van der Waals surface area contributed by atoms with Gasteiger partial charge in [-0.15, -0.1) is 0 Å². The van der Waals surface area contributed by atoms with E-state index in [1.54, 1.807) is 23.3 Å². The van der Waals surface area contributed by atoms with Crippen molar-refractivity contribution in [3.05, 3.63) is 31.1 Å². The fourth-order valence-electron chi connectivity index (χ4n) is 3.11. The summed E-state index contributed by atoms with van der Waals surface area (Å²) in [7, 11) is 0. The third-order valence-corrected chi connectivity index (χ3v) is 4.19. The maximum atomic E-state index is 12.7. The third kappa shape index (κ3) is 3.66. The average Bonchev–Trinajstić information content (AvgIpc) is 3.04. The van der Waals surface area contributed by atoms with Crippen LogP contribution in [0.5, 0.6) is 0 Å². The Morgan fingerprint density at radius 2 is 1.79 bits per heavy atom. The van der Waals surface area contributed by atoms with Gasteiger partial charge in [0.2, 0.25) is 0 Å². The Bertz CT molecular complexity index is 660. The molecule has 6 nitrogen and oxygen atoms in total. The molecular formula is C15H19F3N6. The molecule has 0 N–H and O–H groups in total. The molecule has 0 bridgehead atoms. The lowest BCUT2D eigenvalue weighted by molar-refractivity contribution is -0.156. The summed E-state index contributed by atoms with van der Waals surface area (Å²) in [6.07, 6.45) is 2.34. The quantitative estimate of drug-likeness (QED) is 0.857. The number of piperazine rings is 1. The van der Waals surface area contributed by atoms with Gasteiger partial charge >= 0.3 is 6.18 Å². The summed E-state index contributed by atoms with van der Waals surface area (Å²) in [4.78, 5) is 16.0. The maximum Gasteiger partial charge on any atom is 0.401 e. The highest BCUT2D eigenvalue weighted by Crippen LogP contribution is 2.25. The predicted molar refractivity (Wildman–Crippen MR) is 83.1 cm³/mol. The van der Waals surface area contributed by atoms with Crippen molar-refractivity contribution < 1.29 is 13.2 Å². The molecule has 0 radical (unpaired) electrons. The van der Waals surface area contributed by atoms with Gasteiger partial charge in [0.25, 0.3) is 0 Å². The first-order chi connectivity index (χ1) is 11.3. The fourth-order valence-corrected chi connectivity index (χ4v) is 3.11. The molecule has 3 heterocycles. The monoisotopic (exact) mass is 340 g/mol. The SMILES string of the molecule is C[C@@H]1CN(c2cc(-n3ccnc3)ncn2)C[C@H](C)N1CC(F)(F)F. The summed E-state index contributed by atoms with van der Waals surface area (Å²) in [6, 6.07) is 1.38. The molecule has 2 atom stereocenters. The highest BCUT2D eigenvalue weighted by molar-refractivity contribution is 5.44. The summed E-state index contributed by atoms with van der Waals surface area (Å²) >= 11 is 0. The molecule has 9 heteroatoms. The third-order valence-electron chi connectivity index (χ3n) is 4.19. The summed E-state index contributed by atoms with van der Waals surface area (Å²) in [5.41, 5.74) is 0. The van der Waals surface area contributed by atoms with Crippen molar-refractivity contribution in [2.24, 2.45) is 0 Å². The molecule has 2 aromatic rings. The molecule has 3 rings (SSSR count). The van der Waals surface area contributed by atoms with E-state index < -0.39 is 12.7 Å². The summed E-state index contributed by atoms with van der Waals surface area (Å²) < 4.78 is 40.0. The lowest BCUT2D eigenvalue weighted by Crippen LogP contribution is -2.59. The molecule has 24 heavy (non-hydrogen) atoms. The molecule has 1 aliphatic heterocycles. The zero-order chi connectivity index (χ0) is 17.3. The second kappa shape index (κ2) is 6.39. The van der Waals surface area contributed by atoms with Crippen molar-refractivity contribution in [2.45, 2.75) is 32.1 Å². The highest BCUT2D eigenvalue weighted by atomic mass is 19.4. The minimum absolute atomic E-state index is 0.220. The Hall–Kier alpha value is -2.16. The Morgan fingerprint density at radius 1 is 1.12 bits per heavy atom. The summed E-state index contributed by atoms with van der Waals surface area (Å²) in [5, 5.41) is 0. The van der Waals surface area contributed by atoms with E-state index >= 15 is 0 Å². The lowest BCUT2D eigenvalue weighted by atomic mass is 10.1. The first kappa shape index (κ1) is 16.7. The van der Waals surface area contributed by atoms with Crippen LogP contribution in [0.3, 0.4) is 0 Å². The second-order valence-electron chi connectivity index (χ2n) is 6.09. The first-order valence-corrected chi connectivity index (χ1v) is 7.71. The maximum absolute atomic E-state index is 12.7. The van der Waals surface area contributed by atoms with Crippen LogP contribution in [-0.2, 0) is 0 Å². The Balaban J connectivity index is 1.76.